The summed E-state index contributed by atoms with van der Waals surface area (Å²) in [5.74, 6) is -0.0759. The highest BCUT2D eigenvalue weighted by molar-refractivity contribution is 7.08. The number of aromatic carboxylic acids is 1. The maximum atomic E-state index is 10.8. The Bertz CT molecular complexity index is 795. The van der Waals surface area contributed by atoms with E-state index in [2.05, 4.69) is 9.53 Å². The number of aromatic nitrogens is 2. The van der Waals surface area contributed by atoms with Gasteiger partial charge in [0.15, 0.2) is 0 Å². The van der Waals surface area contributed by atoms with E-state index in [-0.39, 0.29) is 17.4 Å². The summed E-state index contributed by atoms with van der Waals surface area (Å²) in [6.07, 6.45) is 0. The van der Waals surface area contributed by atoms with Crippen LogP contribution in [0.4, 0.5) is 0 Å². The molecule has 1 aromatic carbocycles. The molecule has 112 valence electrons. The van der Waals surface area contributed by atoms with Crippen LogP contribution >= 0.6 is 11.5 Å². The molecule has 0 saturated carbocycles. The number of carbonyl (C=O) groups is 1. The summed E-state index contributed by atoms with van der Waals surface area (Å²) in [4.78, 5) is 11.0. The molecule has 0 atom stereocenters. The largest absolute Gasteiger partial charge is 0.477 e. The lowest BCUT2D eigenvalue weighted by atomic mass is 10.1. The van der Waals surface area contributed by atoms with Crippen molar-refractivity contribution in [2.45, 2.75) is 13.5 Å². The van der Waals surface area contributed by atoms with E-state index in [4.69, 9.17) is 14.4 Å². The smallest absolute Gasteiger partial charge is 0.347 e. The van der Waals surface area contributed by atoms with Crippen molar-refractivity contribution in [3.05, 3.63) is 52.6 Å². The topological polar surface area (TPSA) is 85.5 Å². The summed E-state index contributed by atoms with van der Waals surface area (Å²) in [5, 5.41) is 12.9. The summed E-state index contributed by atoms with van der Waals surface area (Å²) < 4.78 is 14.8. The molecule has 0 aliphatic rings. The van der Waals surface area contributed by atoms with Gasteiger partial charge in [0.05, 0.1) is 5.56 Å². The zero-order valence-electron chi connectivity index (χ0n) is 11.6. The van der Waals surface area contributed by atoms with Crippen molar-refractivity contribution in [2.75, 3.05) is 0 Å². The van der Waals surface area contributed by atoms with Crippen LogP contribution in [0.1, 0.15) is 21.0 Å². The van der Waals surface area contributed by atoms with Crippen molar-refractivity contribution in [3.63, 3.8) is 0 Å². The molecule has 22 heavy (non-hydrogen) atoms. The lowest BCUT2D eigenvalue weighted by Gasteiger charge is -2.03. The van der Waals surface area contributed by atoms with Gasteiger partial charge in [-0.25, -0.2) is 4.79 Å². The second-order valence-electron chi connectivity index (χ2n) is 4.56. The molecule has 0 aliphatic heterocycles. The SMILES string of the molecule is Cc1onc(-c2ccccc2)c1COc1cc(C(=O)O)sn1. The normalized spacial score (nSPS) is 10.6. The fourth-order valence-corrected chi connectivity index (χ4v) is 2.48. The zero-order chi connectivity index (χ0) is 15.5. The average Bonchev–Trinajstić information content (AvgIpc) is 3.13. The fourth-order valence-electron chi connectivity index (χ4n) is 1.96. The molecule has 2 heterocycles. The maximum Gasteiger partial charge on any atom is 0.347 e. The summed E-state index contributed by atoms with van der Waals surface area (Å²) >= 11 is 0.886. The van der Waals surface area contributed by atoms with Gasteiger partial charge in [-0.05, 0) is 18.5 Å². The maximum absolute atomic E-state index is 10.8. The van der Waals surface area contributed by atoms with Gasteiger partial charge in [0.1, 0.15) is 22.9 Å². The third-order valence-electron chi connectivity index (χ3n) is 3.10. The Morgan fingerprint density at radius 2 is 2.14 bits per heavy atom. The fraction of sp³-hybridized carbons (Fsp3) is 0.133. The van der Waals surface area contributed by atoms with Gasteiger partial charge < -0.3 is 14.4 Å². The van der Waals surface area contributed by atoms with Crippen LogP contribution in [0.25, 0.3) is 11.3 Å². The average molecular weight is 316 g/mol. The number of aryl methyl sites for hydroxylation is 1. The van der Waals surface area contributed by atoms with Crippen LogP contribution in [0, 0.1) is 6.92 Å². The van der Waals surface area contributed by atoms with E-state index in [1.165, 1.54) is 6.07 Å². The molecule has 0 unspecified atom stereocenters. The number of ether oxygens (including phenoxy) is 1. The molecule has 2 aromatic heterocycles. The first kappa shape index (κ1) is 14.3. The number of rotatable bonds is 5. The molecule has 0 saturated heterocycles. The quantitative estimate of drug-likeness (QED) is 0.776. The van der Waals surface area contributed by atoms with Crippen LogP contribution in [0.3, 0.4) is 0 Å². The first-order valence-corrected chi connectivity index (χ1v) is 7.26. The predicted octanol–water partition coefficient (Wildman–Crippen LogP) is 3.38. The molecule has 0 amide bonds. The van der Waals surface area contributed by atoms with Gasteiger partial charge in [0.2, 0.25) is 5.88 Å². The molecular formula is C15H12N2O4S. The van der Waals surface area contributed by atoms with Gasteiger partial charge in [-0.3, -0.25) is 0 Å². The molecule has 0 aliphatic carbocycles. The van der Waals surface area contributed by atoms with E-state index in [0.717, 1.165) is 22.7 Å². The third-order valence-corrected chi connectivity index (χ3v) is 3.86. The Morgan fingerprint density at radius 1 is 1.36 bits per heavy atom. The van der Waals surface area contributed by atoms with Gasteiger partial charge in [-0.2, -0.15) is 4.37 Å². The van der Waals surface area contributed by atoms with E-state index in [1.54, 1.807) is 0 Å². The minimum absolute atomic E-state index is 0.139. The van der Waals surface area contributed by atoms with Gasteiger partial charge in [-0.15, -0.1) is 0 Å². The standard InChI is InChI=1S/C15H12N2O4S/c1-9-11(8-20-13-7-12(15(18)19)22-17-13)14(16-21-9)10-5-3-2-4-6-10/h2-7H,8H2,1H3,(H,18,19). The van der Waals surface area contributed by atoms with Gasteiger partial charge in [-0.1, -0.05) is 35.5 Å². The van der Waals surface area contributed by atoms with Crippen LogP contribution in [-0.4, -0.2) is 20.6 Å². The minimum Gasteiger partial charge on any atom is -0.477 e. The highest BCUT2D eigenvalue weighted by Crippen LogP contribution is 2.26. The van der Waals surface area contributed by atoms with E-state index in [1.807, 2.05) is 37.3 Å². The van der Waals surface area contributed by atoms with Crippen LogP contribution in [0.2, 0.25) is 0 Å². The molecule has 0 radical (unpaired) electrons. The number of hydrogen-bond acceptors (Lipinski definition) is 6. The predicted molar refractivity (Wildman–Crippen MR) is 80.1 cm³/mol. The summed E-state index contributed by atoms with van der Waals surface area (Å²) in [6.45, 7) is 2.02. The molecule has 0 bridgehead atoms. The van der Waals surface area contributed by atoms with Gasteiger partial charge in [0.25, 0.3) is 0 Å². The van der Waals surface area contributed by atoms with E-state index in [9.17, 15) is 4.79 Å². The molecule has 7 heteroatoms. The van der Waals surface area contributed by atoms with Crippen molar-refractivity contribution in [3.8, 4) is 17.1 Å². The minimum atomic E-state index is -1.02. The Labute approximate surface area is 130 Å². The first-order chi connectivity index (χ1) is 10.6. The van der Waals surface area contributed by atoms with Crippen molar-refractivity contribution in [1.29, 1.82) is 0 Å². The Morgan fingerprint density at radius 3 is 2.82 bits per heavy atom. The molecule has 1 N–H and O–H groups in total. The molecule has 3 rings (SSSR count). The number of nitrogens with zero attached hydrogens (tertiary/aromatic N) is 2. The van der Waals surface area contributed by atoms with Crippen LogP contribution in [0.15, 0.2) is 40.9 Å². The molecule has 6 nitrogen and oxygen atoms in total. The lowest BCUT2D eigenvalue weighted by Crippen LogP contribution is -1.98. The third kappa shape index (κ3) is 2.84. The van der Waals surface area contributed by atoms with E-state index in [0.29, 0.717) is 11.5 Å². The Hall–Kier alpha value is -2.67. The van der Waals surface area contributed by atoms with Crippen molar-refractivity contribution < 1.29 is 19.2 Å². The second-order valence-corrected chi connectivity index (χ2v) is 5.36. The first-order valence-electron chi connectivity index (χ1n) is 6.48. The summed E-state index contributed by atoms with van der Waals surface area (Å²) in [6, 6.07) is 11.0. The monoisotopic (exact) mass is 316 g/mol. The molecule has 0 fully saturated rings. The van der Waals surface area contributed by atoms with Crippen LogP contribution in [0.5, 0.6) is 5.88 Å². The van der Waals surface area contributed by atoms with E-state index >= 15 is 0 Å². The van der Waals surface area contributed by atoms with Crippen molar-refractivity contribution >= 4 is 17.5 Å². The Balaban J connectivity index is 1.80. The number of hydrogen-bond donors (Lipinski definition) is 1. The number of benzene rings is 1. The molecule has 3 aromatic rings. The number of carboxylic acids is 1. The highest BCUT2D eigenvalue weighted by atomic mass is 32.1. The lowest BCUT2D eigenvalue weighted by molar-refractivity contribution is 0.0702. The Kier molecular flexibility index (Phi) is 3.88. The van der Waals surface area contributed by atoms with Gasteiger partial charge >= 0.3 is 5.97 Å². The number of carboxylic acid groups (broad SMARTS) is 1. The van der Waals surface area contributed by atoms with Gasteiger partial charge in [0, 0.05) is 11.6 Å². The van der Waals surface area contributed by atoms with Crippen molar-refractivity contribution in [1.82, 2.24) is 9.53 Å². The van der Waals surface area contributed by atoms with Crippen molar-refractivity contribution in [2.24, 2.45) is 0 Å². The summed E-state index contributed by atoms with van der Waals surface area (Å²) in [5.41, 5.74) is 2.46. The molecular weight excluding hydrogens is 304 g/mol. The van der Waals surface area contributed by atoms with E-state index < -0.39 is 5.97 Å². The second kappa shape index (κ2) is 5.98. The van der Waals surface area contributed by atoms with Crippen LogP contribution < -0.4 is 4.74 Å². The van der Waals surface area contributed by atoms with Crippen LogP contribution in [-0.2, 0) is 6.61 Å². The zero-order valence-corrected chi connectivity index (χ0v) is 12.5. The summed E-state index contributed by atoms with van der Waals surface area (Å²) in [7, 11) is 0. The molecule has 0 spiro atoms. The highest BCUT2D eigenvalue weighted by Gasteiger charge is 2.16.